The number of nitrogens with one attached hydrogen (secondary N) is 1. The van der Waals surface area contributed by atoms with Crippen molar-refractivity contribution in [3.05, 3.63) is 72.6 Å². The molecule has 0 saturated carbocycles. The molecule has 0 radical (unpaired) electrons. The average molecular weight is 326 g/mol. The third-order valence-electron chi connectivity index (χ3n) is 3.53. The van der Waals surface area contributed by atoms with Gasteiger partial charge < -0.3 is 20.4 Å². The van der Waals surface area contributed by atoms with Crippen LogP contribution in [0.15, 0.2) is 61.2 Å². The summed E-state index contributed by atoms with van der Waals surface area (Å²) in [4.78, 5) is 3.93. The minimum absolute atomic E-state index is 0.280. The van der Waals surface area contributed by atoms with Crippen molar-refractivity contribution in [1.82, 2.24) is 9.55 Å². The fourth-order valence-electron chi connectivity index (χ4n) is 2.32. The van der Waals surface area contributed by atoms with Gasteiger partial charge in [-0.3, -0.25) is 0 Å². The molecule has 0 aliphatic carbocycles. The topological polar surface area (TPSA) is 65.1 Å². The highest BCUT2D eigenvalue weighted by Crippen LogP contribution is 2.18. The van der Waals surface area contributed by atoms with Gasteiger partial charge in [0.2, 0.25) is 0 Å². The first-order valence-corrected chi connectivity index (χ1v) is 7.70. The third kappa shape index (κ3) is 3.91. The molecule has 2 aromatic carbocycles. The van der Waals surface area contributed by atoms with Crippen LogP contribution < -0.4 is 15.8 Å². The van der Waals surface area contributed by atoms with Crippen molar-refractivity contribution >= 4 is 5.69 Å². The lowest BCUT2D eigenvalue weighted by Crippen LogP contribution is -2.10. The Labute approximate surface area is 139 Å². The highest BCUT2D eigenvalue weighted by Gasteiger charge is 2.05. The molecule has 0 spiro atoms. The summed E-state index contributed by atoms with van der Waals surface area (Å²) >= 11 is 0. The fourth-order valence-corrected chi connectivity index (χ4v) is 2.32. The van der Waals surface area contributed by atoms with E-state index >= 15 is 0 Å². The molecule has 0 atom stereocenters. The van der Waals surface area contributed by atoms with Crippen LogP contribution in [0.2, 0.25) is 0 Å². The summed E-state index contributed by atoms with van der Waals surface area (Å²) in [6, 6.07) is 12.8. The van der Waals surface area contributed by atoms with Crippen molar-refractivity contribution < 1.29 is 9.13 Å². The second-order valence-corrected chi connectivity index (χ2v) is 5.27. The number of halogens is 1. The maximum Gasteiger partial charge on any atom is 0.147 e. The molecule has 0 fully saturated rings. The zero-order valence-corrected chi connectivity index (χ0v) is 13.2. The standard InChI is InChI=1S/C18H19FN4O/c19-17-11-14(1-6-18(17)23-9-8-21-13-23)12-22-15-2-4-16(5-3-15)24-10-7-20/h1-6,8-9,11,13,22H,7,10,12,20H2. The van der Waals surface area contributed by atoms with E-state index < -0.39 is 0 Å². The zero-order valence-electron chi connectivity index (χ0n) is 13.2. The summed E-state index contributed by atoms with van der Waals surface area (Å²) in [6.45, 7) is 1.51. The SMILES string of the molecule is NCCOc1ccc(NCc2ccc(-n3ccnc3)c(F)c2)cc1. The van der Waals surface area contributed by atoms with Crippen LogP contribution in [0.3, 0.4) is 0 Å². The Morgan fingerprint density at radius 1 is 1.17 bits per heavy atom. The van der Waals surface area contributed by atoms with Gasteiger partial charge in [0, 0.05) is 31.2 Å². The lowest BCUT2D eigenvalue weighted by Gasteiger charge is -2.10. The molecular weight excluding hydrogens is 307 g/mol. The summed E-state index contributed by atoms with van der Waals surface area (Å²) in [5.74, 6) is 0.500. The maximum absolute atomic E-state index is 14.2. The monoisotopic (exact) mass is 326 g/mol. The van der Waals surface area contributed by atoms with Crippen LogP contribution in [0.4, 0.5) is 10.1 Å². The number of nitrogens with zero attached hydrogens (tertiary/aromatic N) is 2. The van der Waals surface area contributed by atoms with E-state index in [4.69, 9.17) is 10.5 Å². The first-order valence-electron chi connectivity index (χ1n) is 7.70. The van der Waals surface area contributed by atoms with Crippen LogP contribution in [-0.2, 0) is 6.54 Å². The van der Waals surface area contributed by atoms with Crippen LogP contribution >= 0.6 is 0 Å². The van der Waals surface area contributed by atoms with Crippen molar-refractivity contribution in [2.75, 3.05) is 18.5 Å². The molecular formula is C18H19FN4O. The van der Waals surface area contributed by atoms with Crippen LogP contribution in [0.25, 0.3) is 5.69 Å². The van der Waals surface area contributed by atoms with E-state index in [0.29, 0.717) is 25.4 Å². The van der Waals surface area contributed by atoms with E-state index in [-0.39, 0.29) is 5.82 Å². The van der Waals surface area contributed by atoms with Crippen molar-refractivity contribution in [3.8, 4) is 11.4 Å². The van der Waals surface area contributed by atoms with Gasteiger partial charge in [-0.2, -0.15) is 0 Å². The molecule has 0 bridgehead atoms. The number of nitrogens with two attached hydrogens (primary N) is 1. The first-order chi connectivity index (χ1) is 11.8. The molecule has 0 aliphatic rings. The van der Waals surface area contributed by atoms with Gasteiger partial charge in [-0.15, -0.1) is 0 Å². The average Bonchev–Trinajstić information content (AvgIpc) is 3.13. The van der Waals surface area contributed by atoms with E-state index in [2.05, 4.69) is 10.3 Å². The van der Waals surface area contributed by atoms with Gasteiger partial charge in [0.25, 0.3) is 0 Å². The lowest BCUT2D eigenvalue weighted by molar-refractivity contribution is 0.328. The lowest BCUT2D eigenvalue weighted by atomic mass is 10.2. The normalized spacial score (nSPS) is 10.6. The van der Waals surface area contributed by atoms with Gasteiger partial charge in [-0.05, 0) is 42.0 Å². The number of hydrogen-bond donors (Lipinski definition) is 2. The summed E-state index contributed by atoms with van der Waals surface area (Å²) in [5, 5.41) is 3.26. The van der Waals surface area contributed by atoms with E-state index in [1.54, 1.807) is 29.4 Å². The van der Waals surface area contributed by atoms with Gasteiger partial charge in [-0.1, -0.05) is 6.07 Å². The molecule has 0 aliphatic heterocycles. The minimum Gasteiger partial charge on any atom is -0.492 e. The molecule has 0 saturated heterocycles. The van der Waals surface area contributed by atoms with E-state index in [1.165, 1.54) is 6.07 Å². The molecule has 124 valence electrons. The fraction of sp³-hybridized carbons (Fsp3) is 0.167. The van der Waals surface area contributed by atoms with E-state index in [9.17, 15) is 4.39 Å². The van der Waals surface area contributed by atoms with Crippen LogP contribution in [0, 0.1) is 5.82 Å². The minimum atomic E-state index is -0.280. The summed E-state index contributed by atoms with van der Waals surface area (Å²) in [7, 11) is 0. The van der Waals surface area contributed by atoms with Gasteiger partial charge in [0.1, 0.15) is 18.2 Å². The summed E-state index contributed by atoms with van der Waals surface area (Å²) < 4.78 is 21.3. The predicted molar refractivity (Wildman–Crippen MR) is 91.8 cm³/mol. The van der Waals surface area contributed by atoms with Crippen molar-refractivity contribution in [2.45, 2.75) is 6.54 Å². The van der Waals surface area contributed by atoms with E-state index in [0.717, 1.165) is 17.0 Å². The molecule has 3 N–H and O–H groups in total. The number of rotatable bonds is 7. The Morgan fingerprint density at radius 3 is 2.67 bits per heavy atom. The Morgan fingerprint density at radius 2 is 2.00 bits per heavy atom. The Balaban J connectivity index is 1.61. The second kappa shape index (κ2) is 7.61. The molecule has 0 amide bonds. The van der Waals surface area contributed by atoms with Gasteiger partial charge in [0.05, 0.1) is 12.0 Å². The molecule has 0 unspecified atom stereocenters. The smallest absolute Gasteiger partial charge is 0.147 e. The highest BCUT2D eigenvalue weighted by molar-refractivity contribution is 5.47. The molecule has 1 heterocycles. The highest BCUT2D eigenvalue weighted by atomic mass is 19.1. The number of aromatic nitrogens is 2. The van der Waals surface area contributed by atoms with Crippen LogP contribution in [-0.4, -0.2) is 22.7 Å². The van der Waals surface area contributed by atoms with E-state index in [1.807, 2.05) is 30.3 Å². The molecule has 3 aromatic rings. The quantitative estimate of drug-likeness (QED) is 0.700. The largest absolute Gasteiger partial charge is 0.492 e. The van der Waals surface area contributed by atoms with Crippen molar-refractivity contribution in [3.63, 3.8) is 0 Å². The number of hydrogen-bond acceptors (Lipinski definition) is 4. The summed E-state index contributed by atoms with van der Waals surface area (Å²) in [6.07, 6.45) is 4.91. The number of imidazole rings is 1. The number of ether oxygens (including phenoxy) is 1. The van der Waals surface area contributed by atoms with Crippen molar-refractivity contribution in [2.24, 2.45) is 5.73 Å². The molecule has 6 heteroatoms. The second-order valence-electron chi connectivity index (χ2n) is 5.27. The predicted octanol–water partition coefficient (Wildman–Crippen LogP) is 2.96. The molecule has 1 aromatic heterocycles. The van der Waals surface area contributed by atoms with Gasteiger partial charge in [0.15, 0.2) is 0 Å². The zero-order chi connectivity index (χ0) is 16.8. The third-order valence-corrected chi connectivity index (χ3v) is 3.53. The first kappa shape index (κ1) is 16.0. The Bertz CT molecular complexity index is 772. The Hall–Kier alpha value is -2.86. The number of anilines is 1. The molecule has 3 rings (SSSR count). The number of benzene rings is 2. The Kier molecular flexibility index (Phi) is 5.08. The molecule has 24 heavy (non-hydrogen) atoms. The maximum atomic E-state index is 14.2. The van der Waals surface area contributed by atoms with Gasteiger partial charge >= 0.3 is 0 Å². The molecule has 5 nitrogen and oxygen atoms in total. The van der Waals surface area contributed by atoms with Crippen LogP contribution in [0.1, 0.15) is 5.56 Å². The van der Waals surface area contributed by atoms with Crippen molar-refractivity contribution in [1.29, 1.82) is 0 Å². The van der Waals surface area contributed by atoms with Crippen LogP contribution in [0.5, 0.6) is 5.75 Å². The van der Waals surface area contributed by atoms with Gasteiger partial charge in [-0.25, -0.2) is 9.37 Å². The summed E-state index contributed by atoms with van der Waals surface area (Å²) in [5.41, 5.74) is 7.68.